The quantitative estimate of drug-likeness (QED) is 0.174. The Morgan fingerprint density at radius 1 is 0.780 bits per heavy atom. The number of carbonyl (C=O) groups excluding carboxylic acids is 2. The first kappa shape index (κ1) is 25.7. The first-order valence-electron chi connectivity index (χ1n) is 13.8. The van der Waals surface area contributed by atoms with E-state index in [1.807, 2.05) is 73.7 Å². The third kappa shape index (κ3) is 4.18. The van der Waals surface area contributed by atoms with Crippen LogP contribution >= 0.6 is 15.9 Å². The molecule has 0 saturated carbocycles. The van der Waals surface area contributed by atoms with Crippen molar-refractivity contribution in [2.24, 2.45) is 16.9 Å². The zero-order valence-electron chi connectivity index (χ0n) is 22.4. The lowest BCUT2D eigenvalue weighted by Gasteiger charge is -2.45. The average Bonchev–Trinajstić information content (AvgIpc) is 3.25. The van der Waals surface area contributed by atoms with Gasteiger partial charge in [0.15, 0.2) is 11.5 Å². The molecule has 1 heterocycles. The van der Waals surface area contributed by atoms with Crippen LogP contribution in [0.1, 0.15) is 52.1 Å². The third-order valence-electron chi connectivity index (χ3n) is 8.31. The summed E-state index contributed by atoms with van der Waals surface area (Å²) in [5, 5.41) is 5.54. The molecule has 0 N–H and O–H groups in total. The molecule has 41 heavy (non-hydrogen) atoms. The van der Waals surface area contributed by atoms with Crippen LogP contribution in [0.15, 0.2) is 101 Å². The molecule has 2 bridgehead atoms. The Kier molecular flexibility index (Phi) is 6.47. The number of amides is 2. The maximum absolute atomic E-state index is 13.8. The van der Waals surface area contributed by atoms with E-state index in [1.165, 1.54) is 0 Å². The van der Waals surface area contributed by atoms with Crippen molar-refractivity contribution >= 4 is 34.0 Å². The fraction of sp³-hybridized carbons (Fsp3) is 0.206. The Bertz CT molecular complexity index is 1590. The van der Waals surface area contributed by atoms with Crippen LogP contribution < -0.4 is 9.47 Å². The molecule has 0 radical (unpaired) electrons. The minimum atomic E-state index is -0.464. The molecule has 4 aromatic rings. The fourth-order valence-corrected chi connectivity index (χ4v) is 7.27. The van der Waals surface area contributed by atoms with Gasteiger partial charge in [0.25, 0.3) is 11.8 Å². The largest absolute Gasteiger partial charge is 0.490 e. The molecule has 204 valence electrons. The summed E-state index contributed by atoms with van der Waals surface area (Å²) in [5.74, 6) is -0.606. The highest BCUT2D eigenvalue weighted by Crippen LogP contribution is 2.61. The second-order valence-corrected chi connectivity index (χ2v) is 11.4. The zero-order valence-corrected chi connectivity index (χ0v) is 24.0. The summed E-state index contributed by atoms with van der Waals surface area (Å²) in [4.78, 5) is 27.7. The Balaban J connectivity index is 1.19. The second-order valence-electron chi connectivity index (χ2n) is 10.5. The van der Waals surface area contributed by atoms with E-state index in [9.17, 15) is 9.59 Å². The molecule has 0 spiro atoms. The number of hydrogen-bond acceptors (Lipinski definition) is 5. The first-order chi connectivity index (χ1) is 20.1. The Hall–Kier alpha value is -4.23. The van der Waals surface area contributed by atoms with Gasteiger partial charge >= 0.3 is 0 Å². The molecular formula is C34H27BrN2O4. The van der Waals surface area contributed by atoms with E-state index in [0.29, 0.717) is 34.7 Å². The highest BCUT2D eigenvalue weighted by atomic mass is 79.9. The lowest BCUT2D eigenvalue weighted by atomic mass is 9.55. The summed E-state index contributed by atoms with van der Waals surface area (Å²) in [7, 11) is 0. The van der Waals surface area contributed by atoms with Crippen molar-refractivity contribution in [3.8, 4) is 11.5 Å². The average molecular weight is 608 g/mol. The number of nitrogens with zero attached hydrogens (tertiary/aromatic N) is 2. The highest BCUT2D eigenvalue weighted by molar-refractivity contribution is 9.10. The Labute approximate surface area is 246 Å². The van der Waals surface area contributed by atoms with Crippen molar-refractivity contribution in [2.45, 2.75) is 25.4 Å². The number of halogens is 1. The third-order valence-corrected chi connectivity index (χ3v) is 8.89. The molecule has 0 unspecified atom stereocenters. The molecule has 2 atom stereocenters. The Morgan fingerprint density at radius 3 is 1.85 bits per heavy atom. The van der Waals surface area contributed by atoms with Crippen LogP contribution in [0.5, 0.6) is 11.5 Å². The molecule has 0 aromatic heterocycles. The minimum absolute atomic E-state index is 0.159. The lowest BCUT2D eigenvalue weighted by Crippen LogP contribution is -2.41. The molecule has 1 aliphatic heterocycles. The van der Waals surface area contributed by atoms with Gasteiger partial charge in [-0.15, -0.1) is 0 Å². The SMILES string of the molecule is CCOc1cc(/C=N\N2C(=O)[C@@H]3C4c5ccccc5C(c5ccccc54)[C@H]3C2=O)cc(Br)c1OCc1ccccc1. The summed E-state index contributed by atoms with van der Waals surface area (Å²) in [6, 6.07) is 30.0. The van der Waals surface area contributed by atoms with Crippen LogP contribution in [0.25, 0.3) is 0 Å². The maximum Gasteiger partial charge on any atom is 0.254 e. The topological polar surface area (TPSA) is 68.2 Å². The minimum Gasteiger partial charge on any atom is -0.490 e. The fourth-order valence-electron chi connectivity index (χ4n) is 6.70. The predicted molar refractivity (Wildman–Crippen MR) is 159 cm³/mol. The van der Waals surface area contributed by atoms with Crippen LogP contribution in [-0.4, -0.2) is 29.6 Å². The first-order valence-corrected chi connectivity index (χ1v) is 14.6. The van der Waals surface area contributed by atoms with E-state index in [2.05, 4.69) is 45.3 Å². The molecule has 2 amide bonds. The van der Waals surface area contributed by atoms with Gasteiger partial charge in [0.1, 0.15) is 6.61 Å². The standard InChI is InChI=1S/C34H27BrN2O4/c1-2-40-27-17-21(16-26(35)32(27)41-19-20-10-4-3-5-11-20)18-36-37-33(38)30-28-22-12-6-7-13-23(22)29(31(30)34(37)39)25-15-9-8-14-24(25)28/h3-18,28-31H,2,19H2,1H3/b36-18-/t28?,29?,30-,31-/m1/s1. The summed E-state index contributed by atoms with van der Waals surface area (Å²) in [6.45, 7) is 2.74. The second kappa shape index (κ2) is 10.3. The van der Waals surface area contributed by atoms with Crippen LogP contribution in [0.2, 0.25) is 0 Å². The number of benzene rings is 4. The molecule has 7 heteroatoms. The van der Waals surface area contributed by atoms with Gasteiger partial charge in [-0.2, -0.15) is 10.1 Å². The van der Waals surface area contributed by atoms with E-state index in [1.54, 1.807) is 6.21 Å². The van der Waals surface area contributed by atoms with E-state index < -0.39 is 11.8 Å². The summed E-state index contributed by atoms with van der Waals surface area (Å²) in [6.07, 6.45) is 1.55. The number of imide groups is 1. The maximum atomic E-state index is 13.8. The van der Waals surface area contributed by atoms with E-state index >= 15 is 0 Å². The van der Waals surface area contributed by atoms with E-state index in [0.717, 1.165) is 32.8 Å². The van der Waals surface area contributed by atoms with Crippen LogP contribution in [0.3, 0.4) is 0 Å². The summed E-state index contributed by atoms with van der Waals surface area (Å²) < 4.78 is 12.7. The van der Waals surface area contributed by atoms with Crippen molar-refractivity contribution in [2.75, 3.05) is 6.61 Å². The highest BCUT2D eigenvalue weighted by Gasteiger charge is 2.61. The van der Waals surface area contributed by atoms with Crippen LogP contribution in [0, 0.1) is 11.8 Å². The van der Waals surface area contributed by atoms with Crippen molar-refractivity contribution < 1.29 is 19.1 Å². The lowest BCUT2D eigenvalue weighted by molar-refractivity contribution is -0.139. The van der Waals surface area contributed by atoms with Crippen molar-refractivity contribution in [1.82, 2.24) is 5.01 Å². The van der Waals surface area contributed by atoms with Gasteiger partial charge in [0.2, 0.25) is 0 Å². The normalized spacial score (nSPS) is 22.0. The van der Waals surface area contributed by atoms with Crippen LogP contribution in [-0.2, 0) is 16.2 Å². The molecule has 1 saturated heterocycles. The summed E-state index contributed by atoms with van der Waals surface area (Å²) >= 11 is 3.61. The van der Waals surface area contributed by atoms with Gasteiger partial charge < -0.3 is 9.47 Å². The smallest absolute Gasteiger partial charge is 0.254 e. The van der Waals surface area contributed by atoms with Crippen molar-refractivity contribution in [1.29, 1.82) is 0 Å². The molecule has 4 aromatic carbocycles. The van der Waals surface area contributed by atoms with Crippen LogP contribution in [0.4, 0.5) is 0 Å². The van der Waals surface area contributed by atoms with Gasteiger partial charge in [0.05, 0.1) is 29.1 Å². The van der Waals surface area contributed by atoms with Crippen molar-refractivity contribution in [3.05, 3.63) is 129 Å². The molecule has 3 aliphatic carbocycles. The van der Waals surface area contributed by atoms with Gasteiger partial charge in [-0.1, -0.05) is 78.9 Å². The number of ether oxygens (including phenoxy) is 2. The number of hydrazone groups is 1. The van der Waals surface area contributed by atoms with Gasteiger partial charge in [-0.05, 0) is 68.4 Å². The molecule has 8 rings (SSSR count). The predicted octanol–water partition coefficient (Wildman–Crippen LogP) is 6.65. The molecule has 4 aliphatic rings. The van der Waals surface area contributed by atoms with E-state index in [-0.39, 0.29) is 23.7 Å². The summed E-state index contributed by atoms with van der Waals surface area (Å²) in [5.41, 5.74) is 6.28. The van der Waals surface area contributed by atoms with Gasteiger partial charge in [0, 0.05) is 11.8 Å². The van der Waals surface area contributed by atoms with Crippen molar-refractivity contribution in [3.63, 3.8) is 0 Å². The molecular weight excluding hydrogens is 580 g/mol. The molecule has 1 fully saturated rings. The van der Waals surface area contributed by atoms with Gasteiger partial charge in [-0.25, -0.2) is 0 Å². The number of rotatable bonds is 7. The monoisotopic (exact) mass is 606 g/mol. The van der Waals surface area contributed by atoms with E-state index in [4.69, 9.17) is 9.47 Å². The molecule has 6 nitrogen and oxygen atoms in total. The Morgan fingerprint density at radius 2 is 1.32 bits per heavy atom. The zero-order chi connectivity index (χ0) is 28.1. The van der Waals surface area contributed by atoms with Gasteiger partial charge in [-0.3, -0.25) is 9.59 Å². The number of carbonyl (C=O) groups is 2. The number of hydrogen-bond donors (Lipinski definition) is 0.